The van der Waals surface area contributed by atoms with Crippen molar-refractivity contribution >= 4 is 39.1 Å². The fraction of sp³-hybridized carbons (Fsp3) is 0.200. The molecular weight excluding hydrogens is 352 g/mol. The van der Waals surface area contributed by atoms with E-state index in [9.17, 15) is 9.59 Å². The molecule has 0 saturated heterocycles. The summed E-state index contributed by atoms with van der Waals surface area (Å²) in [5.41, 5.74) is 0.626. The maximum Gasteiger partial charge on any atom is 0.261 e. The summed E-state index contributed by atoms with van der Waals surface area (Å²) in [4.78, 5) is 24.2. The number of amides is 2. The van der Waals surface area contributed by atoms with Crippen LogP contribution in [0.1, 0.15) is 26.5 Å². The van der Waals surface area contributed by atoms with Crippen molar-refractivity contribution in [2.24, 2.45) is 0 Å². The van der Waals surface area contributed by atoms with Crippen molar-refractivity contribution in [2.45, 2.75) is 6.42 Å². The van der Waals surface area contributed by atoms with Crippen LogP contribution in [0.5, 0.6) is 0 Å². The van der Waals surface area contributed by atoms with Crippen molar-refractivity contribution in [3.8, 4) is 0 Å². The molecule has 0 aliphatic rings. The molecule has 1 aromatic carbocycles. The lowest BCUT2D eigenvalue weighted by Gasteiger charge is -2.06. The topological polar surface area (TPSA) is 58.2 Å². The second-order valence-electron chi connectivity index (χ2n) is 4.35. The molecule has 110 valence electrons. The van der Waals surface area contributed by atoms with E-state index in [4.69, 9.17) is 0 Å². The molecule has 4 nitrogen and oxygen atoms in total. The molecule has 0 bridgehead atoms. The van der Waals surface area contributed by atoms with E-state index >= 15 is 0 Å². The Morgan fingerprint density at radius 2 is 1.67 bits per heavy atom. The summed E-state index contributed by atoms with van der Waals surface area (Å²) >= 11 is 4.74. The Labute approximate surface area is 135 Å². The molecule has 0 fully saturated rings. The number of nitrogens with one attached hydrogen (secondary N) is 2. The van der Waals surface area contributed by atoms with Gasteiger partial charge in [0.25, 0.3) is 11.8 Å². The van der Waals surface area contributed by atoms with Crippen LogP contribution in [0.3, 0.4) is 0 Å². The molecule has 2 amide bonds. The first-order chi connectivity index (χ1) is 10.2. The zero-order valence-corrected chi connectivity index (χ0v) is 13.7. The van der Waals surface area contributed by atoms with Crippen LogP contribution in [0.25, 0.3) is 0 Å². The highest BCUT2D eigenvalue weighted by molar-refractivity contribution is 9.10. The van der Waals surface area contributed by atoms with Gasteiger partial charge in [-0.1, -0.05) is 22.0 Å². The number of thiophene rings is 1. The van der Waals surface area contributed by atoms with Gasteiger partial charge in [0.05, 0.1) is 4.88 Å². The summed E-state index contributed by atoms with van der Waals surface area (Å²) in [5, 5.41) is 7.51. The SMILES string of the molecule is O=C(NCCCNC(=O)c1cccs1)c1ccc(Br)cc1. The second kappa shape index (κ2) is 7.95. The van der Waals surface area contributed by atoms with Gasteiger partial charge in [-0.3, -0.25) is 9.59 Å². The highest BCUT2D eigenvalue weighted by Crippen LogP contribution is 2.10. The smallest absolute Gasteiger partial charge is 0.261 e. The third-order valence-electron chi connectivity index (χ3n) is 2.78. The first kappa shape index (κ1) is 15.7. The van der Waals surface area contributed by atoms with Gasteiger partial charge in [-0.05, 0) is 42.1 Å². The highest BCUT2D eigenvalue weighted by Gasteiger charge is 2.06. The van der Waals surface area contributed by atoms with E-state index in [1.165, 1.54) is 11.3 Å². The zero-order valence-electron chi connectivity index (χ0n) is 11.3. The Kier molecular flexibility index (Phi) is 5.95. The van der Waals surface area contributed by atoms with Crippen LogP contribution in [-0.4, -0.2) is 24.9 Å². The van der Waals surface area contributed by atoms with Crippen LogP contribution >= 0.6 is 27.3 Å². The Bertz CT molecular complexity index is 597. The van der Waals surface area contributed by atoms with E-state index < -0.39 is 0 Å². The molecule has 2 aromatic rings. The van der Waals surface area contributed by atoms with Crippen molar-refractivity contribution in [1.29, 1.82) is 0 Å². The minimum Gasteiger partial charge on any atom is -0.352 e. The maximum atomic E-state index is 11.8. The molecule has 0 saturated carbocycles. The molecule has 0 spiro atoms. The normalized spacial score (nSPS) is 10.1. The largest absolute Gasteiger partial charge is 0.352 e. The van der Waals surface area contributed by atoms with Gasteiger partial charge in [0.1, 0.15) is 0 Å². The van der Waals surface area contributed by atoms with Gasteiger partial charge in [0, 0.05) is 23.1 Å². The number of hydrogen-bond acceptors (Lipinski definition) is 3. The molecule has 0 aliphatic heterocycles. The number of carbonyl (C=O) groups excluding carboxylic acids is 2. The number of benzene rings is 1. The van der Waals surface area contributed by atoms with E-state index in [2.05, 4.69) is 26.6 Å². The lowest BCUT2D eigenvalue weighted by atomic mass is 10.2. The summed E-state index contributed by atoms with van der Waals surface area (Å²) in [5.74, 6) is -0.170. The van der Waals surface area contributed by atoms with Crippen LogP contribution in [0.4, 0.5) is 0 Å². The number of hydrogen-bond donors (Lipinski definition) is 2. The number of carbonyl (C=O) groups is 2. The Morgan fingerprint density at radius 3 is 2.29 bits per heavy atom. The second-order valence-corrected chi connectivity index (χ2v) is 6.21. The fourth-order valence-electron chi connectivity index (χ4n) is 1.69. The highest BCUT2D eigenvalue weighted by atomic mass is 79.9. The lowest BCUT2D eigenvalue weighted by molar-refractivity contribution is 0.0953. The van der Waals surface area contributed by atoms with Gasteiger partial charge in [-0.2, -0.15) is 0 Å². The van der Waals surface area contributed by atoms with Crippen molar-refractivity contribution in [1.82, 2.24) is 10.6 Å². The average molecular weight is 367 g/mol. The van der Waals surface area contributed by atoms with Crippen LogP contribution in [0, 0.1) is 0 Å². The van der Waals surface area contributed by atoms with Gasteiger partial charge in [-0.25, -0.2) is 0 Å². The van der Waals surface area contributed by atoms with Gasteiger partial charge in [0.2, 0.25) is 0 Å². The van der Waals surface area contributed by atoms with Gasteiger partial charge in [-0.15, -0.1) is 11.3 Å². The summed E-state index contributed by atoms with van der Waals surface area (Å²) in [7, 11) is 0. The van der Waals surface area contributed by atoms with Crippen LogP contribution in [0.2, 0.25) is 0 Å². The third kappa shape index (κ3) is 4.99. The van der Waals surface area contributed by atoms with E-state index in [0.717, 1.165) is 4.47 Å². The standard InChI is InChI=1S/C15H15BrN2O2S/c16-12-6-4-11(5-7-12)14(19)17-8-2-9-18-15(20)13-3-1-10-21-13/h1,3-7,10H,2,8-9H2,(H,17,19)(H,18,20). The predicted octanol–water partition coefficient (Wildman–Crippen LogP) is 3.06. The molecule has 1 aromatic heterocycles. The molecule has 0 atom stereocenters. The maximum absolute atomic E-state index is 11.8. The Balaban J connectivity index is 1.64. The molecule has 0 unspecified atom stereocenters. The van der Waals surface area contributed by atoms with Gasteiger partial charge < -0.3 is 10.6 Å². The van der Waals surface area contributed by atoms with Crippen LogP contribution < -0.4 is 10.6 Å². The average Bonchev–Trinajstić information content (AvgIpc) is 3.01. The summed E-state index contributed by atoms with van der Waals surface area (Å²) in [6.07, 6.45) is 0.694. The fourth-order valence-corrected chi connectivity index (χ4v) is 2.59. The minimum absolute atomic E-state index is 0.0655. The molecule has 1 heterocycles. The van der Waals surface area contributed by atoms with E-state index in [0.29, 0.717) is 30.0 Å². The molecular formula is C15H15BrN2O2S. The van der Waals surface area contributed by atoms with Crippen molar-refractivity contribution in [3.63, 3.8) is 0 Å². The monoisotopic (exact) mass is 366 g/mol. The summed E-state index contributed by atoms with van der Waals surface area (Å²) in [6.45, 7) is 1.07. The molecule has 0 radical (unpaired) electrons. The van der Waals surface area contributed by atoms with E-state index in [1.54, 1.807) is 18.2 Å². The van der Waals surface area contributed by atoms with Gasteiger partial charge >= 0.3 is 0 Å². The van der Waals surface area contributed by atoms with Crippen molar-refractivity contribution < 1.29 is 9.59 Å². The Hall–Kier alpha value is -1.66. The summed E-state index contributed by atoms with van der Waals surface area (Å²) in [6, 6.07) is 10.8. The lowest BCUT2D eigenvalue weighted by Crippen LogP contribution is -2.29. The molecule has 6 heteroatoms. The number of halogens is 1. The molecule has 0 aliphatic carbocycles. The zero-order chi connectivity index (χ0) is 15.1. The molecule has 2 rings (SSSR count). The summed E-state index contributed by atoms with van der Waals surface area (Å²) < 4.78 is 0.940. The first-order valence-corrected chi connectivity index (χ1v) is 8.19. The van der Waals surface area contributed by atoms with Gasteiger partial charge in [0.15, 0.2) is 0 Å². The predicted molar refractivity (Wildman–Crippen MR) is 87.7 cm³/mol. The quantitative estimate of drug-likeness (QED) is 0.771. The van der Waals surface area contributed by atoms with E-state index in [1.807, 2.05) is 23.6 Å². The molecule has 21 heavy (non-hydrogen) atoms. The first-order valence-electron chi connectivity index (χ1n) is 6.52. The van der Waals surface area contributed by atoms with Crippen LogP contribution in [-0.2, 0) is 0 Å². The van der Waals surface area contributed by atoms with E-state index in [-0.39, 0.29) is 11.8 Å². The van der Waals surface area contributed by atoms with Crippen molar-refractivity contribution in [3.05, 3.63) is 56.7 Å². The van der Waals surface area contributed by atoms with Crippen LogP contribution in [0.15, 0.2) is 46.3 Å². The minimum atomic E-state index is -0.105. The number of rotatable bonds is 6. The van der Waals surface area contributed by atoms with Crippen molar-refractivity contribution in [2.75, 3.05) is 13.1 Å². The third-order valence-corrected chi connectivity index (χ3v) is 4.17. The Morgan fingerprint density at radius 1 is 1.00 bits per heavy atom. The molecule has 2 N–H and O–H groups in total.